The standard InChI is InChI=1S/C26H22ClNO/c1-20-17-18-24(28-25(20)27)19-29-26(21-11-5-2-6-12-21,22-13-7-3-8-14-22)23-15-9-4-10-16-23/h2-18H,19H2,1H3. The van der Waals surface area contributed by atoms with Gasteiger partial charge in [0.2, 0.25) is 0 Å². The normalized spacial score (nSPS) is 11.4. The van der Waals surface area contributed by atoms with Crippen LogP contribution in [0.5, 0.6) is 0 Å². The van der Waals surface area contributed by atoms with E-state index in [4.69, 9.17) is 16.3 Å². The summed E-state index contributed by atoms with van der Waals surface area (Å²) in [5.41, 5.74) is 4.19. The molecule has 1 aromatic heterocycles. The minimum Gasteiger partial charge on any atom is -0.355 e. The van der Waals surface area contributed by atoms with Crippen LogP contribution in [-0.2, 0) is 16.9 Å². The number of benzene rings is 3. The van der Waals surface area contributed by atoms with Crippen molar-refractivity contribution >= 4 is 11.6 Å². The maximum Gasteiger partial charge on any atom is 0.144 e. The number of rotatable bonds is 6. The molecule has 0 N–H and O–H groups in total. The maximum absolute atomic E-state index is 6.75. The summed E-state index contributed by atoms with van der Waals surface area (Å²) in [6, 6.07) is 34.9. The first-order valence-corrected chi connectivity index (χ1v) is 10.0. The van der Waals surface area contributed by atoms with Gasteiger partial charge >= 0.3 is 0 Å². The second kappa shape index (κ2) is 8.60. The SMILES string of the molecule is Cc1ccc(COC(c2ccccc2)(c2ccccc2)c2ccccc2)nc1Cl. The molecule has 0 fully saturated rings. The van der Waals surface area contributed by atoms with E-state index in [2.05, 4.69) is 41.4 Å². The summed E-state index contributed by atoms with van der Waals surface area (Å²) in [7, 11) is 0. The fraction of sp³-hybridized carbons (Fsp3) is 0.115. The molecule has 0 unspecified atom stereocenters. The quantitative estimate of drug-likeness (QED) is 0.271. The summed E-state index contributed by atoms with van der Waals surface area (Å²) < 4.78 is 6.75. The average molecular weight is 400 g/mol. The van der Waals surface area contributed by atoms with E-state index < -0.39 is 5.60 Å². The Bertz CT molecular complexity index is 969. The van der Waals surface area contributed by atoms with Gasteiger partial charge in [0.1, 0.15) is 10.8 Å². The lowest BCUT2D eigenvalue weighted by molar-refractivity contribution is -0.00140. The van der Waals surface area contributed by atoms with Crippen molar-refractivity contribution in [2.75, 3.05) is 0 Å². The molecule has 1 heterocycles. The summed E-state index contributed by atoms with van der Waals surface area (Å²) in [5, 5.41) is 0.510. The number of nitrogens with zero attached hydrogens (tertiary/aromatic N) is 1. The lowest BCUT2D eigenvalue weighted by Crippen LogP contribution is -2.32. The molecule has 29 heavy (non-hydrogen) atoms. The van der Waals surface area contributed by atoms with Crippen molar-refractivity contribution in [2.45, 2.75) is 19.1 Å². The molecule has 3 aromatic carbocycles. The first kappa shape index (κ1) is 19.4. The van der Waals surface area contributed by atoms with Gasteiger partial charge in [0, 0.05) is 0 Å². The maximum atomic E-state index is 6.75. The van der Waals surface area contributed by atoms with Crippen LogP contribution in [0.1, 0.15) is 27.9 Å². The highest BCUT2D eigenvalue weighted by Crippen LogP contribution is 2.41. The van der Waals surface area contributed by atoms with Crippen molar-refractivity contribution in [2.24, 2.45) is 0 Å². The smallest absolute Gasteiger partial charge is 0.144 e. The second-order valence-corrected chi connectivity index (χ2v) is 7.34. The van der Waals surface area contributed by atoms with Crippen molar-refractivity contribution in [1.29, 1.82) is 0 Å². The summed E-state index contributed by atoms with van der Waals surface area (Å²) >= 11 is 6.25. The van der Waals surface area contributed by atoms with Crippen LogP contribution in [0, 0.1) is 6.92 Å². The van der Waals surface area contributed by atoms with Gasteiger partial charge in [0.05, 0.1) is 12.3 Å². The molecule has 3 heteroatoms. The number of halogens is 1. The van der Waals surface area contributed by atoms with Crippen molar-refractivity contribution in [3.8, 4) is 0 Å². The summed E-state index contributed by atoms with van der Waals surface area (Å²) in [6.45, 7) is 2.28. The van der Waals surface area contributed by atoms with E-state index in [-0.39, 0.29) is 0 Å². The summed E-state index contributed by atoms with van der Waals surface area (Å²) in [6.07, 6.45) is 0. The first-order chi connectivity index (χ1) is 14.2. The molecule has 4 rings (SSSR count). The Hall–Kier alpha value is -2.94. The topological polar surface area (TPSA) is 22.1 Å². The van der Waals surface area contributed by atoms with Gasteiger partial charge in [-0.1, -0.05) is 109 Å². The Kier molecular flexibility index (Phi) is 5.75. The van der Waals surface area contributed by atoms with Gasteiger partial charge in [-0.05, 0) is 35.2 Å². The fourth-order valence-electron chi connectivity index (χ4n) is 3.57. The second-order valence-electron chi connectivity index (χ2n) is 6.98. The van der Waals surface area contributed by atoms with Crippen molar-refractivity contribution in [3.05, 3.63) is 136 Å². The molecule has 0 atom stereocenters. The molecule has 144 valence electrons. The van der Waals surface area contributed by atoms with E-state index in [1.54, 1.807) is 0 Å². The highest BCUT2D eigenvalue weighted by atomic mass is 35.5. The lowest BCUT2D eigenvalue weighted by Gasteiger charge is -2.36. The van der Waals surface area contributed by atoms with Crippen LogP contribution in [0.4, 0.5) is 0 Å². The Labute approximate surface area is 176 Å². The molecule has 0 saturated heterocycles. The van der Waals surface area contributed by atoms with Gasteiger partial charge in [-0.25, -0.2) is 4.98 Å². The van der Waals surface area contributed by atoms with Crippen LogP contribution in [0.3, 0.4) is 0 Å². The molecular weight excluding hydrogens is 378 g/mol. The van der Waals surface area contributed by atoms with Crippen LogP contribution in [0.25, 0.3) is 0 Å². The van der Waals surface area contributed by atoms with Gasteiger partial charge in [-0.2, -0.15) is 0 Å². The van der Waals surface area contributed by atoms with Crippen LogP contribution in [0.2, 0.25) is 5.15 Å². The largest absolute Gasteiger partial charge is 0.355 e. The number of pyridine rings is 1. The minimum absolute atomic E-state index is 0.332. The summed E-state index contributed by atoms with van der Waals surface area (Å²) in [4.78, 5) is 4.50. The molecule has 0 radical (unpaired) electrons. The number of hydrogen-bond acceptors (Lipinski definition) is 2. The summed E-state index contributed by atoms with van der Waals surface area (Å²) in [5.74, 6) is 0. The van der Waals surface area contributed by atoms with Crippen LogP contribution >= 0.6 is 11.6 Å². The van der Waals surface area contributed by atoms with Gasteiger partial charge in [0.15, 0.2) is 0 Å². The van der Waals surface area contributed by atoms with Crippen molar-refractivity contribution in [3.63, 3.8) is 0 Å². The predicted molar refractivity (Wildman–Crippen MR) is 118 cm³/mol. The Morgan fingerprint density at radius 2 is 1.14 bits per heavy atom. The van der Waals surface area contributed by atoms with E-state index in [0.717, 1.165) is 27.9 Å². The van der Waals surface area contributed by atoms with E-state index in [1.807, 2.05) is 73.7 Å². The van der Waals surface area contributed by atoms with Crippen LogP contribution in [0.15, 0.2) is 103 Å². The number of ether oxygens (including phenoxy) is 1. The fourth-order valence-corrected chi connectivity index (χ4v) is 3.74. The third kappa shape index (κ3) is 3.95. The van der Waals surface area contributed by atoms with Crippen LogP contribution in [-0.4, -0.2) is 4.98 Å². The molecule has 0 aliphatic carbocycles. The van der Waals surface area contributed by atoms with Crippen molar-refractivity contribution in [1.82, 2.24) is 4.98 Å². The molecule has 0 spiro atoms. The zero-order valence-electron chi connectivity index (χ0n) is 16.3. The van der Waals surface area contributed by atoms with E-state index in [9.17, 15) is 0 Å². The molecule has 0 amide bonds. The first-order valence-electron chi connectivity index (χ1n) is 9.63. The van der Waals surface area contributed by atoms with E-state index >= 15 is 0 Å². The molecule has 0 saturated carbocycles. The molecular formula is C26H22ClNO. The van der Waals surface area contributed by atoms with Gasteiger partial charge in [-0.3, -0.25) is 0 Å². The molecule has 0 bridgehead atoms. The van der Waals surface area contributed by atoms with E-state index in [0.29, 0.717) is 11.8 Å². The monoisotopic (exact) mass is 399 g/mol. The number of hydrogen-bond donors (Lipinski definition) is 0. The van der Waals surface area contributed by atoms with Gasteiger partial charge < -0.3 is 4.74 Å². The Morgan fingerprint density at radius 3 is 1.55 bits per heavy atom. The zero-order valence-corrected chi connectivity index (χ0v) is 17.0. The molecule has 0 aliphatic heterocycles. The third-order valence-electron chi connectivity index (χ3n) is 5.07. The third-order valence-corrected chi connectivity index (χ3v) is 5.45. The number of aryl methyl sites for hydroxylation is 1. The minimum atomic E-state index is -0.761. The van der Waals surface area contributed by atoms with Crippen LogP contribution < -0.4 is 0 Å². The zero-order chi connectivity index (χ0) is 20.1. The average Bonchev–Trinajstić information content (AvgIpc) is 2.79. The van der Waals surface area contributed by atoms with E-state index in [1.165, 1.54) is 0 Å². The molecule has 0 aliphatic rings. The Morgan fingerprint density at radius 1 is 0.690 bits per heavy atom. The predicted octanol–water partition coefficient (Wildman–Crippen LogP) is 6.55. The lowest BCUT2D eigenvalue weighted by atomic mass is 9.80. The highest BCUT2D eigenvalue weighted by molar-refractivity contribution is 6.30. The molecule has 4 aromatic rings. The molecule has 2 nitrogen and oxygen atoms in total. The van der Waals surface area contributed by atoms with Gasteiger partial charge in [0.25, 0.3) is 0 Å². The highest BCUT2D eigenvalue weighted by Gasteiger charge is 2.37. The van der Waals surface area contributed by atoms with Crippen molar-refractivity contribution < 1.29 is 4.74 Å². The number of aromatic nitrogens is 1. The van der Waals surface area contributed by atoms with Gasteiger partial charge in [-0.15, -0.1) is 0 Å². The Balaban J connectivity index is 1.86.